The van der Waals surface area contributed by atoms with Gasteiger partial charge in [0.2, 0.25) is 0 Å². The van der Waals surface area contributed by atoms with E-state index in [1.54, 1.807) is 18.1 Å². The van der Waals surface area contributed by atoms with Crippen molar-refractivity contribution in [3.8, 4) is 0 Å². The van der Waals surface area contributed by atoms with Gasteiger partial charge in [0.25, 0.3) is 0 Å². The SMILES string of the molecule is Cc1cnc(CN(C)C(=O)Nc2c(C)cc(Cl)cc2C)[nH]1. The van der Waals surface area contributed by atoms with Gasteiger partial charge in [-0.2, -0.15) is 0 Å². The highest BCUT2D eigenvalue weighted by molar-refractivity contribution is 6.30. The quantitative estimate of drug-likeness (QED) is 0.909. The van der Waals surface area contributed by atoms with Gasteiger partial charge in [-0.15, -0.1) is 0 Å². The van der Waals surface area contributed by atoms with Crippen LogP contribution in [0.2, 0.25) is 5.02 Å². The fourth-order valence-corrected chi connectivity index (χ4v) is 2.48. The third kappa shape index (κ3) is 3.76. The topological polar surface area (TPSA) is 61.0 Å². The van der Waals surface area contributed by atoms with Gasteiger partial charge in [-0.05, 0) is 44.0 Å². The molecule has 0 spiro atoms. The van der Waals surface area contributed by atoms with E-state index < -0.39 is 0 Å². The summed E-state index contributed by atoms with van der Waals surface area (Å²) in [7, 11) is 1.73. The number of anilines is 1. The third-order valence-corrected chi connectivity index (χ3v) is 3.44. The first kappa shape index (κ1) is 15.4. The molecule has 0 bridgehead atoms. The second-order valence-electron chi connectivity index (χ2n) is 5.21. The molecular weight excluding hydrogens is 288 g/mol. The van der Waals surface area contributed by atoms with E-state index in [1.165, 1.54) is 0 Å². The van der Waals surface area contributed by atoms with Crippen LogP contribution in [0, 0.1) is 20.8 Å². The highest BCUT2D eigenvalue weighted by atomic mass is 35.5. The average Bonchev–Trinajstić information content (AvgIpc) is 2.78. The molecule has 2 amide bonds. The zero-order chi connectivity index (χ0) is 15.6. The summed E-state index contributed by atoms with van der Waals surface area (Å²) in [6.07, 6.45) is 1.74. The van der Waals surface area contributed by atoms with Crippen molar-refractivity contribution in [2.24, 2.45) is 0 Å². The highest BCUT2D eigenvalue weighted by Crippen LogP contribution is 2.25. The van der Waals surface area contributed by atoms with Crippen molar-refractivity contribution < 1.29 is 4.79 Å². The van der Waals surface area contributed by atoms with E-state index in [2.05, 4.69) is 15.3 Å². The number of nitrogens with zero attached hydrogens (tertiary/aromatic N) is 2. The summed E-state index contributed by atoms with van der Waals surface area (Å²) in [5.74, 6) is 0.759. The summed E-state index contributed by atoms with van der Waals surface area (Å²) in [4.78, 5) is 21.1. The zero-order valence-electron chi connectivity index (χ0n) is 12.6. The predicted octanol–water partition coefficient (Wildman–Crippen LogP) is 3.65. The zero-order valence-corrected chi connectivity index (χ0v) is 13.4. The number of urea groups is 1. The van der Waals surface area contributed by atoms with Gasteiger partial charge in [0.15, 0.2) is 0 Å². The van der Waals surface area contributed by atoms with E-state index in [9.17, 15) is 4.79 Å². The molecule has 0 radical (unpaired) electrons. The Balaban J connectivity index is 2.07. The van der Waals surface area contributed by atoms with Crippen LogP contribution < -0.4 is 5.32 Å². The number of imidazole rings is 1. The summed E-state index contributed by atoms with van der Waals surface area (Å²) in [6.45, 7) is 6.19. The summed E-state index contributed by atoms with van der Waals surface area (Å²) < 4.78 is 0. The van der Waals surface area contributed by atoms with Gasteiger partial charge in [-0.1, -0.05) is 11.6 Å². The highest BCUT2D eigenvalue weighted by Gasteiger charge is 2.13. The fraction of sp³-hybridized carbons (Fsp3) is 0.333. The molecule has 2 rings (SSSR count). The maximum atomic E-state index is 12.3. The molecule has 0 unspecified atom stereocenters. The number of benzene rings is 1. The van der Waals surface area contributed by atoms with Crippen molar-refractivity contribution in [2.45, 2.75) is 27.3 Å². The van der Waals surface area contributed by atoms with Crippen LogP contribution in [0.25, 0.3) is 0 Å². The summed E-state index contributed by atoms with van der Waals surface area (Å²) in [5.41, 5.74) is 3.65. The van der Waals surface area contributed by atoms with Crippen molar-refractivity contribution >= 4 is 23.3 Å². The number of carbonyl (C=O) groups is 1. The van der Waals surface area contributed by atoms with E-state index in [0.717, 1.165) is 28.3 Å². The Hall–Kier alpha value is -2.01. The van der Waals surface area contributed by atoms with Gasteiger partial charge >= 0.3 is 6.03 Å². The molecule has 0 atom stereocenters. The summed E-state index contributed by atoms with van der Waals surface area (Å²) >= 11 is 6.00. The van der Waals surface area contributed by atoms with E-state index in [0.29, 0.717) is 11.6 Å². The van der Waals surface area contributed by atoms with Crippen molar-refractivity contribution in [3.63, 3.8) is 0 Å². The number of hydrogen-bond donors (Lipinski definition) is 2. The minimum atomic E-state index is -0.183. The normalized spacial score (nSPS) is 10.5. The molecule has 0 saturated carbocycles. The number of nitrogens with one attached hydrogen (secondary N) is 2. The first-order valence-electron chi connectivity index (χ1n) is 6.66. The van der Waals surface area contributed by atoms with Crippen molar-refractivity contribution in [1.82, 2.24) is 14.9 Å². The molecular formula is C15H19ClN4O. The van der Waals surface area contributed by atoms with Crippen LogP contribution in [0.4, 0.5) is 10.5 Å². The Morgan fingerprint density at radius 2 is 1.95 bits per heavy atom. The van der Waals surface area contributed by atoms with Crippen molar-refractivity contribution in [1.29, 1.82) is 0 Å². The largest absolute Gasteiger partial charge is 0.345 e. The van der Waals surface area contributed by atoms with Crippen LogP contribution in [0.1, 0.15) is 22.6 Å². The van der Waals surface area contributed by atoms with Gasteiger partial charge in [-0.3, -0.25) is 0 Å². The number of aromatic amines is 1. The molecule has 0 aliphatic heterocycles. The second kappa shape index (κ2) is 6.18. The molecule has 2 aromatic rings. The van der Waals surface area contributed by atoms with Crippen molar-refractivity contribution in [3.05, 3.63) is 46.0 Å². The van der Waals surface area contributed by atoms with Crippen LogP contribution >= 0.6 is 11.6 Å². The average molecular weight is 307 g/mol. The molecule has 0 aliphatic rings. The van der Waals surface area contributed by atoms with Crippen LogP contribution in [0.5, 0.6) is 0 Å². The standard InChI is InChI=1S/C15H19ClN4O/c1-9-5-12(16)6-10(2)14(9)19-15(21)20(4)8-13-17-7-11(3)18-13/h5-7H,8H2,1-4H3,(H,17,18)(H,19,21). The number of rotatable bonds is 3. The van der Waals surface area contributed by atoms with Crippen molar-refractivity contribution in [2.75, 3.05) is 12.4 Å². The molecule has 5 nitrogen and oxygen atoms in total. The smallest absolute Gasteiger partial charge is 0.322 e. The second-order valence-corrected chi connectivity index (χ2v) is 5.65. The van der Waals surface area contributed by atoms with Gasteiger partial charge in [0.1, 0.15) is 5.82 Å². The molecule has 0 aliphatic carbocycles. The van der Waals surface area contributed by atoms with E-state index in [-0.39, 0.29) is 6.03 Å². The van der Waals surface area contributed by atoms with E-state index >= 15 is 0 Å². The Morgan fingerprint density at radius 3 is 2.48 bits per heavy atom. The maximum Gasteiger partial charge on any atom is 0.322 e. The molecule has 0 saturated heterocycles. The molecule has 2 N–H and O–H groups in total. The maximum absolute atomic E-state index is 12.3. The third-order valence-electron chi connectivity index (χ3n) is 3.22. The Morgan fingerprint density at radius 1 is 1.33 bits per heavy atom. The Bertz CT molecular complexity index is 642. The summed E-state index contributed by atoms with van der Waals surface area (Å²) in [5, 5.41) is 3.59. The molecule has 112 valence electrons. The van der Waals surface area contributed by atoms with E-state index in [1.807, 2.05) is 32.9 Å². The minimum absolute atomic E-state index is 0.183. The Labute approximate surface area is 129 Å². The number of hydrogen-bond acceptors (Lipinski definition) is 2. The van der Waals surface area contributed by atoms with Gasteiger partial charge in [-0.25, -0.2) is 9.78 Å². The molecule has 21 heavy (non-hydrogen) atoms. The number of H-pyrrole nitrogens is 1. The number of aromatic nitrogens is 2. The first-order chi connectivity index (χ1) is 9.86. The number of halogens is 1. The lowest BCUT2D eigenvalue weighted by atomic mass is 10.1. The van der Waals surface area contributed by atoms with Crippen LogP contribution in [-0.2, 0) is 6.54 Å². The molecule has 1 heterocycles. The molecule has 6 heteroatoms. The summed E-state index contributed by atoms with van der Waals surface area (Å²) in [6, 6.07) is 3.48. The minimum Gasteiger partial charge on any atom is -0.345 e. The number of carbonyl (C=O) groups excluding carboxylic acids is 1. The lowest BCUT2D eigenvalue weighted by Crippen LogP contribution is -2.31. The molecule has 1 aromatic heterocycles. The van der Waals surface area contributed by atoms with Gasteiger partial charge < -0.3 is 15.2 Å². The number of amides is 2. The lowest BCUT2D eigenvalue weighted by molar-refractivity contribution is 0.219. The monoisotopic (exact) mass is 306 g/mol. The first-order valence-corrected chi connectivity index (χ1v) is 7.04. The van der Waals surface area contributed by atoms with Gasteiger partial charge in [0.05, 0.1) is 6.54 Å². The lowest BCUT2D eigenvalue weighted by Gasteiger charge is -2.19. The van der Waals surface area contributed by atoms with E-state index in [4.69, 9.17) is 11.6 Å². The molecule has 1 aromatic carbocycles. The molecule has 0 fully saturated rings. The number of aryl methyl sites for hydroxylation is 3. The van der Waals surface area contributed by atoms with Crippen LogP contribution in [-0.4, -0.2) is 27.9 Å². The van der Waals surface area contributed by atoms with Gasteiger partial charge in [0, 0.05) is 29.6 Å². The predicted molar refractivity (Wildman–Crippen MR) is 84.7 cm³/mol. The van der Waals surface area contributed by atoms with Crippen LogP contribution in [0.15, 0.2) is 18.3 Å². The fourth-order valence-electron chi connectivity index (χ4n) is 2.15. The Kier molecular flexibility index (Phi) is 4.53. The van der Waals surface area contributed by atoms with Crippen LogP contribution in [0.3, 0.4) is 0 Å².